The fraction of sp³-hybridized carbons (Fsp3) is 0. The van der Waals surface area contributed by atoms with E-state index in [2.05, 4.69) is 0 Å². The average Bonchev–Trinajstić information content (AvgIpc) is 1.19. The molecular formula is H6AlNO7S. The van der Waals surface area contributed by atoms with Crippen molar-refractivity contribution in [3.63, 3.8) is 0 Å². The first-order valence-electron chi connectivity index (χ1n) is 1.26. The molecule has 0 fully saturated rings. The summed E-state index contributed by atoms with van der Waals surface area (Å²) in [4.78, 5) is 8.36. The SMILES string of the molecule is O=S(=O)(O)O.O=[N+]([O-])O.[AlH3]. The average molecular weight is 191 g/mol. The van der Waals surface area contributed by atoms with Gasteiger partial charge in [-0.2, -0.15) is 8.42 Å². The minimum Gasteiger partial charge on any atom is -0.328 e. The van der Waals surface area contributed by atoms with Crippen molar-refractivity contribution in [3.05, 3.63) is 10.1 Å². The van der Waals surface area contributed by atoms with Gasteiger partial charge in [0.15, 0.2) is 17.4 Å². The molecule has 0 heterocycles. The van der Waals surface area contributed by atoms with E-state index in [0.29, 0.717) is 0 Å². The van der Waals surface area contributed by atoms with Crippen LogP contribution < -0.4 is 0 Å². The maximum absolute atomic E-state index is 8.74. The van der Waals surface area contributed by atoms with Crippen LogP contribution in [0.1, 0.15) is 0 Å². The Morgan fingerprint density at radius 1 is 1.30 bits per heavy atom. The van der Waals surface area contributed by atoms with Gasteiger partial charge in [-0.25, -0.2) is 0 Å². The maximum atomic E-state index is 8.74. The van der Waals surface area contributed by atoms with Crippen LogP contribution in [0.4, 0.5) is 0 Å². The standard InChI is InChI=1S/Al.HNO3.H2O4S.3H/c;2-1(3)4;1-5(2,3)4;;;/h;(H,2,3,4);(H2,1,2,3,4);;;. The minimum atomic E-state index is -4.67. The summed E-state index contributed by atoms with van der Waals surface area (Å²) in [6, 6.07) is 0. The van der Waals surface area contributed by atoms with Gasteiger partial charge in [0.05, 0.1) is 0 Å². The summed E-state index contributed by atoms with van der Waals surface area (Å²) in [5.74, 6) is 0. The molecule has 10 heavy (non-hydrogen) atoms. The zero-order valence-electron chi connectivity index (χ0n) is 3.83. The molecule has 0 saturated carbocycles. The number of hydrogen-bond acceptors (Lipinski definition) is 4. The predicted octanol–water partition coefficient (Wildman–Crippen LogP) is -2.18. The highest BCUT2D eigenvalue weighted by atomic mass is 32.3. The topological polar surface area (TPSA) is 138 Å². The smallest absolute Gasteiger partial charge is 0.328 e. The van der Waals surface area contributed by atoms with E-state index >= 15 is 0 Å². The molecule has 0 aliphatic rings. The lowest BCUT2D eigenvalue weighted by molar-refractivity contribution is -0.742. The highest BCUT2D eigenvalue weighted by molar-refractivity contribution is 7.79. The van der Waals surface area contributed by atoms with Gasteiger partial charge in [-0.05, 0) is 0 Å². The van der Waals surface area contributed by atoms with E-state index in [0.717, 1.165) is 0 Å². The van der Waals surface area contributed by atoms with Crippen LogP contribution >= 0.6 is 0 Å². The Hall–Kier alpha value is -0.398. The van der Waals surface area contributed by atoms with Crippen LogP contribution in [0.15, 0.2) is 0 Å². The Labute approximate surface area is 66.3 Å². The fourth-order valence-electron chi connectivity index (χ4n) is 0. The van der Waals surface area contributed by atoms with Crippen LogP contribution in [0.5, 0.6) is 0 Å². The molecule has 3 N–H and O–H groups in total. The van der Waals surface area contributed by atoms with Crippen molar-refractivity contribution < 1.29 is 27.8 Å². The van der Waals surface area contributed by atoms with Crippen LogP contribution in [0, 0.1) is 10.1 Å². The second-order valence-corrected chi connectivity index (χ2v) is 1.58. The zero-order valence-corrected chi connectivity index (χ0v) is 4.65. The Morgan fingerprint density at radius 3 is 1.30 bits per heavy atom. The molecule has 0 aliphatic carbocycles. The molecule has 0 aromatic rings. The minimum absolute atomic E-state index is 0. The zero-order chi connectivity index (χ0) is 8.08. The van der Waals surface area contributed by atoms with Crippen molar-refractivity contribution in [1.82, 2.24) is 0 Å². The van der Waals surface area contributed by atoms with Crippen LogP contribution in [-0.2, 0) is 10.4 Å². The molecular weight excluding hydrogens is 185 g/mol. The van der Waals surface area contributed by atoms with Gasteiger partial charge in [-0.3, -0.25) is 9.11 Å². The number of nitrogens with zero attached hydrogens (tertiary/aromatic N) is 1. The molecule has 62 valence electrons. The summed E-state index contributed by atoms with van der Waals surface area (Å²) in [6.07, 6.45) is 0. The van der Waals surface area contributed by atoms with Crippen LogP contribution in [0.2, 0.25) is 0 Å². The molecule has 0 rings (SSSR count). The van der Waals surface area contributed by atoms with E-state index in [4.69, 9.17) is 32.8 Å². The van der Waals surface area contributed by atoms with Gasteiger partial charge in [0, 0.05) is 0 Å². The second kappa shape index (κ2) is 6.72. The van der Waals surface area contributed by atoms with E-state index in [-0.39, 0.29) is 17.4 Å². The third-order valence-electron chi connectivity index (χ3n) is 0. The summed E-state index contributed by atoms with van der Waals surface area (Å²) >= 11 is 0. The van der Waals surface area contributed by atoms with Crippen molar-refractivity contribution >= 4 is 27.8 Å². The maximum Gasteiger partial charge on any atom is 0.394 e. The first-order chi connectivity index (χ1) is 3.73. The van der Waals surface area contributed by atoms with Crippen LogP contribution in [-0.4, -0.2) is 45.2 Å². The quantitative estimate of drug-likeness (QED) is 0.171. The van der Waals surface area contributed by atoms with Crippen molar-refractivity contribution in [2.24, 2.45) is 0 Å². The molecule has 0 saturated heterocycles. The monoisotopic (exact) mass is 191 g/mol. The van der Waals surface area contributed by atoms with E-state index in [1.54, 1.807) is 0 Å². The Bertz CT molecular complexity index is 156. The van der Waals surface area contributed by atoms with Gasteiger partial charge in [0.2, 0.25) is 0 Å². The lowest BCUT2D eigenvalue weighted by atomic mass is 13.1. The first kappa shape index (κ1) is 16.3. The lowest BCUT2D eigenvalue weighted by Gasteiger charge is -1.68. The third kappa shape index (κ3) is 2100. The summed E-state index contributed by atoms with van der Waals surface area (Å²) < 4.78 is 31.6. The Balaban J connectivity index is -0.0000000910. The van der Waals surface area contributed by atoms with Gasteiger partial charge in [0.25, 0.3) is 5.09 Å². The molecule has 0 bridgehead atoms. The molecule has 0 amide bonds. The van der Waals surface area contributed by atoms with Crippen molar-refractivity contribution in [3.8, 4) is 0 Å². The second-order valence-electron chi connectivity index (χ2n) is 0.686. The van der Waals surface area contributed by atoms with Gasteiger partial charge in [-0.15, -0.1) is 10.1 Å². The molecule has 0 aliphatic heterocycles. The summed E-state index contributed by atoms with van der Waals surface area (Å²) in [7, 11) is -4.67. The number of rotatable bonds is 0. The Morgan fingerprint density at radius 2 is 1.30 bits per heavy atom. The van der Waals surface area contributed by atoms with E-state index in [9.17, 15) is 0 Å². The largest absolute Gasteiger partial charge is 0.394 e. The van der Waals surface area contributed by atoms with Gasteiger partial charge in [-0.1, -0.05) is 0 Å². The molecule has 0 spiro atoms. The van der Waals surface area contributed by atoms with E-state index in [1.807, 2.05) is 0 Å². The van der Waals surface area contributed by atoms with E-state index in [1.165, 1.54) is 0 Å². The molecule has 0 atom stereocenters. The molecule has 0 unspecified atom stereocenters. The summed E-state index contributed by atoms with van der Waals surface area (Å²) in [5.41, 5.74) is 0. The molecule has 0 radical (unpaired) electrons. The van der Waals surface area contributed by atoms with Gasteiger partial charge in [0.1, 0.15) is 0 Å². The van der Waals surface area contributed by atoms with Gasteiger partial charge < -0.3 is 5.21 Å². The predicted molar refractivity (Wildman–Crippen MR) is 32.9 cm³/mol. The summed E-state index contributed by atoms with van der Waals surface area (Å²) in [5, 5.41) is 13.6. The molecule has 0 aromatic carbocycles. The number of hydrogen-bond donors (Lipinski definition) is 3. The van der Waals surface area contributed by atoms with Crippen LogP contribution in [0.25, 0.3) is 0 Å². The molecule has 10 heteroatoms. The summed E-state index contributed by atoms with van der Waals surface area (Å²) in [6.45, 7) is 0. The lowest BCUT2D eigenvalue weighted by Crippen LogP contribution is -1.89. The third-order valence-corrected chi connectivity index (χ3v) is 0. The van der Waals surface area contributed by atoms with E-state index < -0.39 is 15.5 Å². The van der Waals surface area contributed by atoms with Crippen molar-refractivity contribution in [2.75, 3.05) is 0 Å². The van der Waals surface area contributed by atoms with Crippen molar-refractivity contribution in [2.45, 2.75) is 0 Å². The highest BCUT2D eigenvalue weighted by Crippen LogP contribution is 1.59. The molecule has 0 aromatic heterocycles. The first-order valence-corrected chi connectivity index (χ1v) is 2.66. The Kier molecular flexibility index (Phi) is 11.0. The fourth-order valence-corrected chi connectivity index (χ4v) is 0. The molecule has 8 nitrogen and oxygen atoms in total. The van der Waals surface area contributed by atoms with Crippen molar-refractivity contribution in [1.29, 1.82) is 0 Å². The van der Waals surface area contributed by atoms with Crippen LogP contribution in [0.3, 0.4) is 0 Å². The highest BCUT2D eigenvalue weighted by Gasteiger charge is 1.84. The normalized spacial score (nSPS) is 8.20. The van der Waals surface area contributed by atoms with Gasteiger partial charge >= 0.3 is 10.4 Å².